The van der Waals surface area contributed by atoms with Gasteiger partial charge in [-0.1, -0.05) is 19.1 Å². The van der Waals surface area contributed by atoms with Crippen LogP contribution < -0.4 is 20.5 Å². The Morgan fingerprint density at radius 1 is 1.14 bits per heavy atom. The van der Waals surface area contributed by atoms with E-state index in [0.29, 0.717) is 29.6 Å². The fourth-order valence-corrected chi connectivity index (χ4v) is 2.10. The van der Waals surface area contributed by atoms with E-state index in [-0.39, 0.29) is 6.04 Å². The van der Waals surface area contributed by atoms with Crippen LogP contribution in [0.1, 0.15) is 31.3 Å². The van der Waals surface area contributed by atoms with E-state index in [9.17, 15) is 0 Å². The third-order valence-electron chi connectivity index (χ3n) is 3.44. The first kappa shape index (κ1) is 15.9. The van der Waals surface area contributed by atoms with Gasteiger partial charge in [0.15, 0.2) is 5.82 Å². The zero-order chi connectivity index (χ0) is 16.1. The highest BCUT2D eigenvalue weighted by Crippen LogP contribution is 2.29. The summed E-state index contributed by atoms with van der Waals surface area (Å²) in [4.78, 5) is 8.70. The van der Waals surface area contributed by atoms with Gasteiger partial charge < -0.3 is 20.5 Å². The van der Waals surface area contributed by atoms with Crippen molar-refractivity contribution in [3.63, 3.8) is 0 Å². The summed E-state index contributed by atoms with van der Waals surface area (Å²) < 4.78 is 10.4. The molecular formula is C16H22N4O2. The van der Waals surface area contributed by atoms with Gasteiger partial charge in [-0.05, 0) is 24.6 Å². The van der Waals surface area contributed by atoms with Crippen LogP contribution in [0.4, 0.5) is 11.5 Å². The molecule has 0 fully saturated rings. The fraction of sp³-hybridized carbons (Fsp3) is 0.375. The van der Waals surface area contributed by atoms with Crippen molar-refractivity contribution in [2.45, 2.75) is 26.3 Å². The van der Waals surface area contributed by atoms with Crippen molar-refractivity contribution in [2.24, 2.45) is 0 Å². The normalized spacial score (nSPS) is 11.8. The minimum atomic E-state index is 0.0394. The van der Waals surface area contributed by atoms with Gasteiger partial charge in [-0.15, -0.1) is 0 Å². The summed E-state index contributed by atoms with van der Waals surface area (Å²) in [6.45, 7) is 4.03. The molecule has 2 rings (SSSR count). The first-order chi connectivity index (χ1) is 10.6. The number of hydrogen-bond donors (Lipinski definition) is 2. The second-order valence-corrected chi connectivity index (χ2v) is 4.90. The molecule has 1 aromatic heterocycles. The molecule has 1 aromatic carbocycles. The van der Waals surface area contributed by atoms with E-state index in [1.165, 1.54) is 0 Å². The van der Waals surface area contributed by atoms with Crippen molar-refractivity contribution in [2.75, 3.05) is 25.3 Å². The van der Waals surface area contributed by atoms with Gasteiger partial charge in [0, 0.05) is 6.42 Å². The predicted octanol–water partition coefficient (Wildman–Crippen LogP) is 2.81. The molecule has 1 atom stereocenters. The molecule has 0 aliphatic carbocycles. The maximum Gasteiger partial charge on any atom is 0.242 e. The molecule has 0 bridgehead atoms. The van der Waals surface area contributed by atoms with Gasteiger partial charge in [0.2, 0.25) is 5.88 Å². The lowest BCUT2D eigenvalue weighted by Gasteiger charge is -2.18. The summed E-state index contributed by atoms with van der Waals surface area (Å²) in [6, 6.07) is 7.90. The standard InChI is InChI=1S/C16H22N4O2/c1-5-13-19-15(14(17)16(20-13)22-4)18-10(2)11-6-8-12(21-3)9-7-11/h6-10H,5,17H2,1-4H3,(H,18,19,20). The van der Waals surface area contributed by atoms with Crippen LogP contribution in [0.15, 0.2) is 24.3 Å². The molecule has 0 saturated carbocycles. The van der Waals surface area contributed by atoms with Gasteiger partial charge in [0.1, 0.15) is 17.3 Å². The van der Waals surface area contributed by atoms with Crippen LogP contribution in [0.2, 0.25) is 0 Å². The number of ether oxygens (including phenoxy) is 2. The number of nitrogens with one attached hydrogen (secondary N) is 1. The number of benzene rings is 1. The summed E-state index contributed by atoms with van der Waals surface area (Å²) in [5, 5.41) is 3.32. The van der Waals surface area contributed by atoms with Crippen molar-refractivity contribution in [3.8, 4) is 11.6 Å². The Kier molecular flexibility index (Phi) is 5.04. The fourth-order valence-electron chi connectivity index (χ4n) is 2.10. The van der Waals surface area contributed by atoms with E-state index in [1.54, 1.807) is 14.2 Å². The topological polar surface area (TPSA) is 82.3 Å². The van der Waals surface area contributed by atoms with Gasteiger partial charge in [-0.2, -0.15) is 4.98 Å². The van der Waals surface area contributed by atoms with Crippen LogP contribution >= 0.6 is 0 Å². The predicted molar refractivity (Wildman–Crippen MR) is 87.4 cm³/mol. The van der Waals surface area contributed by atoms with Crippen molar-refractivity contribution in [3.05, 3.63) is 35.7 Å². The number of aryl methyl sites for hydroxylation is 1. The average Bonchev–Trinajstić information content (AvgIpc) is 2.56. The van der Waals surface area contributed by atoms with Gasteiger partial charge in [0.05, 0.1) is 20.3 Å². The molecule has 22 heavy (non-hydrogen) atoms. The number of nitrogen functional groups attached to an aromatic ring is 1. The van der Waals surface area contributed by atoms with Gasteiger partial charge in [-0.25, -0.2) is 4.98 Å². The van der Waals surface area contributed by atoms with Gasteiger partial charge in [-0.3, -0.25) is 0 Å². The zero-order valence-corrected chi connectivity index (χ0v) is 13.4. The van der Waals surface area contributed by atoms with E-state index in [2.05, 4.69) is 15.3 Å². The first-order valence-electron chi connectivity index (χ1n) is 7.19. The number of methoxy groups -OCH3 is 2. The largest absolute Gasteiger partial charge is 0.497 e. The lowest BCUT2D eigenvalue weighted by Crippen LogP contribution is -2.13. The molecule has 6 nitrogen and oxygen atoms in total. The molecule has 6 heteroatoms. The van der Waals surface area contributed by atoms with Crippen LogP contribution in [0.3, 0.4) is 0 Å². The minimum Gasteiger partial charge on any atom is -0.497 e. The van der Waals surface area contributed by atoms with Crippen LogP contribution in [0, 0.1) is 0 Å². The number of hydrogen-bond acceptors (Lipinski definition) is 6. The molecule has 3 N–H and O–H groups in total. The Bertz CT molecular complexity index is 629. The van der Waals surface area contributed by atoms with Crippen molar-refractivity contribution in [1.29, 1.82) is 0 Å². The van der Waals surface area contributed by atoms with E-state index >= 15 is 0 Å². The minimum absolute atomic E-state index is 0.0394. The number of rotatable bonds is 6. The molecule has 0 radical (unpaired) electrons. The maximum absolute atomic E-state index is 6.06. The van der Waals surface area contributed by atoms with Crippen LogP contribution in [0.5, 0.6) is 11.6 Å². The summed E-state index contributed by atoms with van der Waals surface area (Å²) in [5.74, 6) is 2.51. The summed E-state index contributed by atoms with van der Waals surface area (Å²) in [7, 11) is 3.20. The molecule has 0 amide bonds. The Morgan fingerprint density at radius 3 is 2.36 bits per heavy atom. The smallest absolute Gasteiger partial charge is 0.242 e. The lowest BCUT2D eigenvalue weighted by molar-refractivity contribution is 0.397. The zero-order valence-electron chi connectivity index (χ0n) is 13.4. The summed E-state index contributed by atoms with van der Waals surface area (Å²) in [5.41, 5.74) is 7.58. The Labute approximate surface area is 130 Å². The van der Waals surface area contributed by atoms with Crippen LogP contribution in [-0.4, -0.2) is 24.2 Å². The molecule has 0 saturated heterocycles. The highest BCUT2D eigenvalue weighted by molar-refractivity contribution is 5.67. The van der Waals surface area contributed by atoms with Crippen molar-refractivity contribution in [1.82, 2.24) is 9.97 Å². The third-order valence-corrected chi connectivity index (χ3v) is 3.44. The maximum atomic E-state index is 6.06. The summed E-state index contributed by atoms with van der Waals surface area (Å²) in [6.07, 6.45) is 0.711. The Morgan fingerprint density at radius 2 is 1.82 bits per heavy atom. The summed E-state index contributed by atoms with van der Waals surface area (Å²) >= 11 is 0. The highest BCUT2D eigenvalue weighted by Gasteiger charge is 2.14. The quantitative estimate of drug-likeness (QED) is 0.854. The number of anilines is 2. The average molecular weight is 302 g/mol. The van der Waals surface area contributed by atoms with E-state index < -0.39 is 0 Å². The van der Waals surface area contributed by atoms with E-state index in [4.69, 9.17) is 15.2 Å². The Hall–Kier alpha value is -2.50. The second kappa shape index (κ2) is 6.98. The molecule has 2 aromatic rings. The van der Waals surface area contributed by atoms with E-state index in [1.807, 2.05) is 38.1 Å². The van der Waals surface area contributed by atoms with Crippen molar-refractivity contribution >= 4 is 11.5 Å². The molecule has 1 heterocycles. The molecule has 118 valence electrons. The molecule has 0 aliphatic heterocycles. The number of nitrogens with two attached hydrogens (primary N) is 1. The second-order valence-electron chi connectivity index (χ2n) is 4.90. The highest BCUT2D eigenvalue weighted by atomic mass is 16.5. The van der Waals surface area contributed by atoms with Crippen LogP contribution in [-0.2, 0) is 6.42 Å². The molecular weight excluding hydrogens is 280 g/mol. The number of aromatic nitrogens is 2. The van der Waals surface area contributed by atoms with Crippen molar-refractivity contribution < 1.29 is 9.47 Å². The molecule has 0 aliphatic rings. The first-order valence-corrected chi connectivity index (χ1v) is 7.19. The Balaban J connectivity index is 2.24. The van der Waals surface area contributed by atoms with Crippen LogP contribution in [0.25, 0.3) is 0 Å². The SMILES string of the molecule is CCc1nc(NC(C)c2ccc(OC)cc2)c(N)c(OC)n1. The molecule has 0 spiro atoms. The van der Waals surface area contributed by atoms with Gasteiger partial charge in [0.25, 0.3) is 0 Å². The third kappa shape index (κ3) is 3.39. The monoisotopic (exact) mass is 302 g/mol. The lowest BCUT2D eigenvalue weighted by atomic mass is 10.1. The van der Waals surface area contributed by atoms with E-state index in [0.717, 1.165) is 11.3 Å². The number of nitrogens with zero attached hydrogens (tertiary/aromatic N) is 2. The molecule has 1 unspecified atom stereocenters. The van der Waals surface area contributed by atoms with Gasteiger partial charge >= 0.3 is 0 Å².